The largest absolute Gasteiger partial charge is 0.507 e. The van der Waals surface area contributed by atoms with Gasteiger partial charge in [-0.05, 0) is 73.3 Å². The van der Waals surface area contributed by atoms with E-state index in [0.29, 0.717) is 5.56 Å². The van der Waals surface area contributed by atoms with Crippen LogP contribution in [0.2, 0.25) is 0 Å². The second kappa shape index (κ2) is 9.17. The molecular weight excluding hydrogens is 410 g/mol. The van der Waals surface area contributed by atoms with E-state index in [1.165, 1.54) is 29.5 Å². The Morgan fingerprint density at radius 1 is 0.909 bits per heavy atom. The lowest BCUT2D eigenvalue weighted by Gasteiger charge is -2.35. The number of hydrogen-bond donors (Lipinski definition) is 1. The van der Waals surface area contributed by atoms with Crippen molar-refractivity contribution in [3.63, 3.8) is 0 Å². The summed E-state index contributed by atoms with van der Waals surface area (Å²) in [6.07, 6.45) is 10.5. The number of likely N-dealkylation sites (tertiary alicyclic amines) is 1. The Morgan fingerprint density at radius 3 is 2.30 bits per heavy atom. The van der Waals surface area contributed by atoms with Crippen molar-refractivity contribution in [3.05, 3.63) is 75.9 Å². The highest BCUT2D eigenvalue weighted by molar-refractivity contribution is 6.46. The Balaban J connectivity index is 1.62. The smallest absolute Gasteiger partial charge is 0.295 e. The molecule has 1 N–H and O–H groups in total. The van der Waals surface area contributed by atoms with Crippen LogP contribution >= 0.6 is 0 Å². The van der Waals surface area contributed by atoms with Crippen LogP contribution in [0.15, 0.2) is 48.0 Å². The number of aliphatic hydroxyl groups is 1. The summed E-state index contributed by atoms with van der Waals surface area (Å²) in [5.74, 6) is -1.06. The lowest BCUT2D eigenvalue weighted by atomic mass is 9.88. The summed E-state index contributed by atoms with van der Waals surface area (Å²) in [4.78, 5) is 28.5. The van der Waals surface area contributed by atoms with Crippen LogP contribution in [0, 0.1) is 0 Å². The van der Waals surface area contributed by atoms with E-state index in [0.717, 1.165) is 56.9 Å². The summed E-state index contributed by atoms with van der Waals surface area (Å²) in [5.41, 5.74) is 5.57. The van der Waals surface area contributed by atoms with E-state index in [4.69, 9.17) is 0 Å². The molecule has 0 spiro atoms. The number of aliphatic hydroxyl groups excluding tert-OH is 1. The Kier molecular flexibility index (Phi) is 6.09. The number of rotatable bonds is 4. The molecule has 0 aromatic heterocycles. The summed E-state index contributed by atoms with van der Waals surface area (Å²) in [6, 6.07) is 13.7. The van der Waals surface area contributed by atoms with Gasteiger partial charge in [0.05, 0.1) is 11.6 Å². The maximum atomic E-state index is 13.4. The maximum absolute atomic E-state index is 13.4. The average Bonchev–Trinajstić information content (AvgIpc) is 3.14. The second-order valence-electron chi connectivity index (χ2n) is 9.78. The van der Waals surface area contributed by atoms with E-state index in [1.807, 2.05) is 24.3 Å². The van der Waals surface area contributed by atoms with Gasteiger partial charge in [0.2, 0.25) is 0 Å². The van der Waals surface area contributed by atoms with Crippen LogP contribution in [0.5, 0.6) is 0 Å². The first-order chi connectivity index (χ1) is 16.1. The van der Waals surface area contributed by atoms with E-state index in [1.54, 1.807) is 4.90 Å². The van der Waals surface area contributed by atoms with Crippen molar-refractivity contribution in [3.8, 4) is 0 Å². The minimum absolute atomic E-state index is 0.0374. The van der Waals surface area contributed by atoms with Crippen LogP contribution < -0.4 is 0 Å². The fraction of sp³-hybridized carbons (Fsp3) is 0.448. The standard InChI is InChI=1S/C29H33NO3/c1-2-19-12-14-21(15-13-19)26-25(28(32)29(33)30(26)24-10-4-3-5-11-24)27(31)23-17-16-20-8-6-7-9-22(20)18-23/h12-18,24,26,31H,2-11H2,1H3/b27-25-. The van der Waals surface area contributed by atoms with Crippen LogP contribution in [-0.4, -0.2) is 27.7 Å². The Hall–Kier alpha value is -2.88. The molecule has 0 bridgehead atoms. The third-order valence-electron chi connectivity index (χ3n) is 7.77. The molecule has 2 aliphatic carbocycles. The van der Waals surface area contributed by atoms with E-state index in [-0.39, 0.29) is 17.4 Å². The monoisotopic (exact) mass is 443 g/mol. The molecule has 4 heteroatoms. The molecule has 1 saturated heterocycles. The molecule has 2 fully saturated rings. The van der Waals surface area contributed by atoms with E-state index >= 15 is 0 Å². The third-order valence-corrected chi connectivity index (χ3v) is 7.77. The number of benzene rings is 2. The summed E-state index contributed by atoms with van der Waals surface area (Å²) >= 11 is 0. The van der Waals surface area contributed by atoms with Gasteiger partial charge in [-0.25, -0.2) is 0 Å². The van der Waals surface area contributed by atoms with Gasteiger partial charge < -0.3 is 10.0 Å². The van der Waals surface area contributed by atoms with Crippen molar-refractivity contribution in [1.82, 2.24) is 4.90 Å². The van der Waals surface area contributed by atoms with Gasteiger partial charge in [0.25, 0.3) is 11.7 Å². The number of ketones is 1. The molecule has 4 nitrogen and oxygen atoms in total. The number of hydrogen-bond acceptors (Lipinski definition) is 3. The van der Waals surface area contributed by atoms with Gasteiger partial charge in [-0.1, -0.05) is 62.6 Å². The Labute approximate surface area is 196 Å². The first kappa shape index (κ1) is 21.9. The van der Waals surface area contributed by atoms with Crippen molar-refractivity contribution in [2.45, 2.75) is 83.2 Å². The minimum atomic E-state index is -0.555. The predicted molar refractivity (Wildman–Crippen MR) is 130 cm³/mol. The molecule has 1 heterocycles. The second-order valence-corrected chi connectivity index (χ2v) is 9.78. The van der Waals surface area contributed by atoms with Gasteiger partial charge in [-0.3, -0.25) is 9.59 Å². The molecule has 5 rings (SSSR count). The average molecular weight is 444 g/mol. The third kappa shape index (κ3) is 4.01. The normalized spacial score (nSPS) is 23.1. The Morgan fingerprint density at radius 2 is 1.61 bits per heavy atom. The highest BCUT2D eigenvalue weighted by atomic mass is 16.3. The van der Waals surface area contributed by atoms with Crippen LogP contribution in [-0.2, 0) is 28.9 Å². The number of amides is 1. The highest BCUT2D eigenvalue weighted by Crippen LogP contribution is 2.43. The SMILES string of the molecule is CCc1ccc(C2/C(=C(/O)c3ccc4c(c3)CCCC4)C(=O)C(=O)N2C2CCCCC2)cc1. The molecule has 0 radical (unpaired) electrons. The fourth-order valence-electron chi connectivity index (χ4n) is 5.89. The topological polar surface area (TPSA) is 57.6 Å². The first-order valence-corrected chi connectivity index (χ1v) is 12.6. The zero-order chi connectivity index (χ0) is 22.9. The lowest BCUT2D eigenvalue weighted by molar-refractivity contribution is -0.141. The molecule has 33 heavy (non-hydrogen) atoms. The zero-order valence-corrected chi connectivity index (χ0v) is 19.5. The van der Waals surface area contributed by atoms with Gasteiger partial charge in [-0.15, -0.1) is 0 Å². The van der Waals surface area contributed by atoms with E-state index in [9.17, 15) is 14.7 Å². The molecule has 1 atom stereocenters. The van der Waals surface area contributed by atoms with Crippen LogP contribution in [0.3, 0.4) is 0 Å². The van der Waals surface area contributed by atoms with Gasteiger partial charge in [0.15, 0.2) is 0 Å². The molecule has 1 aliphatic heterocycles. The fourth-order valence-corrected chi connectivity index (χ4v) is 5.89. The molecule has 1 amide bonds. The van der Waals surface area contributed by atoms with Crippen molar-refractivity contribution >= 4 is 17.4 Å². The van der Waals surface area contributed by atoms with Crippen LogP contribution in [0.1, 0.15) is 85.7 Å². The van der Waals surface area contributed by atoms with Gasteiger partial charge in [0.1, 0.15) is 5.76 Å². The highest BCUT2D eigenvalue weighted by Gasteiger charge is 2.48. The van der Waals surface area contributed by atoms with E-state index in [2.05, 4.69) is 25.1 Å². The first-order valence-electron chi connectivity index (χ1n) is 12.6. The van der Waals surface area contributed by atoms with Crippen molar-refractivity contribution in [1.29, 1.82) is 0 Å². The number of aryl methyl sites for hydroxylation is 3. The minimum Gasteiger partial charge on any atom is -0.507 e. The van der Waals surface area contributed by atoms with Gasteiger partial charge >= 0.3 is 0 Å². The van der Waals surface area contributed by atoms with Crippen LogP contribution in [0.4, 0.5) is 0 Å². The van der Waals surface area contributed by atoms with Crippen molar-refractivity contribution in [2.24, 2.45) is 0 Å². The quantitative estimate of drug-likeness (QED) is 0.365. The van der Waals surface area contributed by atoms with Gasteiger partial charge in [0, 0.05) is 11.6 Å². The Bertz CT molecular complexity index is 1090. The summed E-state index contributed by atoms with van der Waals surface area (Å²) in [6.45, 7) is 2.11. The molecular formula is C29H33NO3. The molecule has 172 valence electrons. The number of Topliss-reactive ketones (excluding diaryl/α,β-unsaturated/α-hetero) is 1. The molecule has 1 saturated carbocycles. The molecule has 2 aromatic rings. The number of fused-ring (bicyclic) bond motifs is 1. The summed E-state index contributed by atoms with van der Waals surface area (Å²) in [7, 11) is 0. The maximum Gasteiger partial charge on any atom is 0.295 e. The van der Waals surface area contributed by atoms with Crippen molar-refractivity contribution < 1.29 is 14.7 Å². The van der Waals surface area contributed by atoms with E-state index < -0.39 is 17.7 Å². The summed E-state index contributed by atoms with van der Waals surface area (Å²) in [5, 5.41) is 11.4. The predicted octanol–water partition coefficient (Wildman–Crippen LogP) is 5.88. The zero-order valence-electron chi connectivity index (χ0n) is 19.5. The molecule has 2 aromatic carbocycles. The molecule has 3 aliphatic rings. The number of carbonyl (C=O) groups is 2. The molecule has 1 unspecified atom stereocenters. The van der Waals surface area contributed by atoms with Gasteiger partial charge in [-0.2, -0.15) is 0 Å². The summed E-state index contributed by atoms with van der Waals surface area (Å²) < 4.78 is 0. The van der Waals surface area contributed by atoms with Crippen molar-refractivity contribution in [2.75, 3.05) is 0 Å². The number of carbonyl (C=O) groups excluding carboxylic acids is 2. The lowest BCUT2D eigenvalue weighted by Crippen LogP contribution is -2.40. The van der Waals surface area contributed by atoms with Crippen LogP contribution in [0.25, 0.3) is 5.76 Å². The number of nitrogens with zero attached hydrogens (tertiary/aromatic N) is 1.